The number of benzene rings is 1. The van der Waals surface area contributed by atoms with Crippen LogP contribution < -0.4 is 80.4 Å². The minimum absolute atomic E-state index is 0. The molecule has 1 rings (SSSR count). The van der Waals surface area contributed by atoms with Gasteiger partial charge in [-0.25, -0.2) is 0 Å². The Morgan fingerprint density at radius 3 is 1.89 bits per heavy atom. The van der Waals surface area contributed by atoms with Crippen molar-refractivity contribution in [3.8, 4) is 0 Å². The van der Waals surface area contributed by atoms with Gasteiger partial charge in [-0.15, -0.1) is 0 Å². The molecule has 2 amide bonds. The number of hydrogen-bond acceptors (Lipinski definition) is 6. The van der Waals surface area contributed by atoms with Gasteiger partial charge in [-0.2, -0.15) is 0 Å². The average Bonchev–Trinajstić information content (AvgIpc) is 2.51. The number of aliphatic carboxylic acids is 2. The topological polar surface area (TPSA) is 152 Å². The van der Waals surface area contributed by atoms with Crippen LogP contribution in [0.25, 0.3) is 0 Å². The largest absolute Gasteiger partial charge is 1.00 e. The maximum atomic E-state index is 11.8. The number of carboxylic acid groups (broad SMARTS) is 2. The summed E-state index contributed by atoms with van der Waals surface area (Å²) in [7, 11) is 0. The fraction of sp³-hybridized carbons (Fsp3) is 0.294. The summed E-state index contributed by atoms with van der Waals surface area (Å²) in [6, 6.07) is 5.81. The van der Waals surface area contributed by atoms with Crippen LogP contribution in [0.5, 0.6) is 0 Å². The molecule has 0 unspecified atom stereocenters. The van der Waals surface area contributed by atoms with Crippen LogP contribution in [0.15, 0.2) is 35.4 Å². The Morgan fingerprint density at radius 1 is 1.00 bits per heavy atom. The maximum Gasteiger partial charge on any atom is 1.00 e. The van der Waals surface area contributed by atoms with Crippen LogP contribution in [0.3, 0.4) is 0 Å². The normalized spacial score (nSPS) is 10.8. The molecule has 0 aliphatic heterocycles. The standard InChI is InChI=1S/C17H20N2O6.2Na/c1-9(2)14(17(24)25)12(16(22)23)7-10-3-5-11(6-4-10)15(21)19-8-13(18)20;;/h3-6,9H,7-8H2,1-2H3,(H2,18,20)(H,19,21)(H,22,23)(H,24,25);;/q;2*+1/p-2. The minimum atomic E-state index is -1.59. The molecule has 0 aliphatic rings. The third-order valence-electron chi connectivity index (χ3n) is 3.39. The van der Waals surface area contributed by atoms with E-state index in [0.717, 1.165) is 0 Å². The fourth-order valence-corrected chi connectivity index (χ4v) is 2.23. The zero-order chi connectivity index (χ0) is 19.1. The summed E-state index contributed by atoms with van der Waals surface area (Å²) in [5.41, 5.74) is 4.95. The number of nitrogens with two attached hydrogens (primary N) is 1. The Hall–Kier alpha value is -1.16. The van der Waals surface area contributed by atoms with Crippen molar-refractivity contribution in [2.24, 2.45) is 11.7 Å². The van der Waals surface area contributed by atoms with E-state index in [-0.39, 0.29) is 88.8 Å². The van der Waals surface area contributed by atoms with Crippen molar-refractivity contribution in [3.05, 3.63) is 46.5 Å². The van der Waals surface area contributed by atoms with Gasteiger partial charge in [0.15, 0.2) is 0 Å². The van der Waals surface area contributed by atoms with Gasteiger partial charge in [-0.05, 0) is 41.2 Å². The first-order valence-electron chi connectivity index (χ1n) is 7.44. The summed E-state index contributed by atoms with van der Waals surface area (Å²) in [5, 5.41) is 24.8. The molecule has 0 fully saturated rings. The molecule has 0 atom stereocenters. The van der Waals surface area contributed by atoms with Gasteiger partial charge >= 0.3 is 59.1 Å². The molecule has 0 spiro atoms. The average molecular weight is 392 g/mol. The second-order valence-electron chi connectivity index (χ2n) is 5.64. The smallest absolute Gasteiger partial charge is 0.545 e. The van der Waals surface area contributed by atoms with Crippen molar-refractivity contribution in [1.82, 2.24) is 5.32 Å². The van der Waals surface area contributed by atoms with Gasteiger partial charge in [0.25, 0.3) is 5.91 Å². The van der Waals surface area contributed by atoms with Crippen molar-refractivity contribution in [3.63, 3.8) is 0 Å². The number of primary amides is 1. The second kappa shape index (κ2) is 13.1. The number of rotatable bonds is 8. The number of nitrogens with one attached hydrogen (secondary N) is 1. The molecule has 0 heterocycles. The molecule has 0 saturated heterocycles. The molecule has 0 aromatic heterocycles. The first kappa shape index (κ1) is 28.1. The predicted octanol–water partition coefficient (Wildman–Crippen LogP) is -8.10. The van der Waals surface area contributed by atoms with Crippen molar-refractivity contribution in [1.29, 1.82) is 0 Å². The Morgan fingerprint density at radius 2 is 1.52 bits per heavy atom. The van der Waals surface area contributed by atoms with E-state index in [4.69, 9.17) is 5.73 Å². The zero-order valence-corrected chi connectivity index (χ0v) is 19.8. The summed E-state index contributed by atoms with van der Waals surface area (Å²) in [5.74, 6) is -4.90. The molecule has 8 nitrogen and oxygen atoms in total. The van der Waals surface area contributed by atoms with E-state index >= 15 is 0 Å². The van der Waals surface area contributed by atoms with Gasteiger partial charge in [-0.3, -0.25) is 9.59 Å². The summed E-state index contributed by atoms with van der Waals surface area (Å²) < 4.78 is 0. The van der Waals surface area contributed by atoms with Gasteiger partial charge in [0, 0.05) is 5.56 Å². The van der Waals surface area contributed by atoms with Crippen molar-refractivity contribution in [2.75, 3.05) is 6.54 Å². The minimum Gasteiger partial charge on any atom is -0.545 e. The number of hydrogen-bond donors (Lipinski definition) is 2. The summed E-state index contributed by atoms with van der Waals surface area (Å²) >= 11 is 0. The molecule has 1 aromatic carbocycles. The van der Waals surface area contributed by atoms with Crippen molar-refractivity contribution < 1.29 is 88.5 Å². The van der Waals surface area contributed by atoms with E-state index in [1.54, 1.807) is 13.8 Å². The van der Waals surface area contributed by atoms with Crippen LogP contribution in [0, 0.1) is 5.92 Å². The predicted molar refractivity (Wildman–Crippen MR) is 83.6 cm³/mol. The van der Waals surface area contributed by atoms with Gasteiger partial charge in [-0.1, -0.05) is 26.0 Å². The third-order valence-corrected chi connectivity index (χ3v) is 3.39. The Balaban J connectivity index is 0. The van der Waals surface area contributed by atoms with E-state index in [1.165, 1.54) is 24.3 Å². The molecule has 0 radical (unpaired) electrons. The number of carboxylic acids is 2. The van der Waals surface area contributed by atoms with Crippen molar-refractivity contribution >= 4 is 23.8 Å². The van der Waals surface area contributed by atoms with Crippen LogP contribution in [-0.2, 0) is 20.8 Å². The number of carbonyl (C=O) groups is 4. The van der Waals surface area contributed by atoms with Crippen LogP contribution in [0.1, 0.15) is 29.8 Å². The molecular formula is C17H18N2Na2O6. The van der Waals surface area contributed by atoms with E-state index in [2.05, 4.69) is 5.32 Å². The van der Waals surface area contributed by atoms with Gasteiger partial charge in [0.05, 0.1) is 18.5 Å². The number of amides is 2. The molecular weight excluding hydrogens is 374 g/mol. The van der Waals surface area contributed by atoms with E-state index in [0.29, 0.717) is 5.56 Å². The number of carbonyl (C=O) groups excluding carboxylic acids is 4. The Bertz CT molecular complexity index is 729. The third kappa shape index (κ3) is 9.05. The summed E-state index contributed by atoms with van der Waals surface area (Å²) in [4.78, 5) is 44.9. The maximum absolute atomic E-state index is 11.8. The quantitative estimate of drug-likeness (QED) is 0.331. The molecule has 0 bridgehead atoms. The van der Waals surface area contributed by atoms with Crippen molar-refractivity contribution in [2.45, 2.75) is 20.3 Å². The molecule has 0 aliphatic carbocycles. The monoisotopic (exact) mass is 392 g/mol. The van der Waals surface area contributed by atoms with Gasteiger partial charge in [0.2, 0.25) is 5.91 Å². The van der Waals surface area contributed by atoms with Crippen LogP contribution in [0.2, 0.25) is 0 Å². The molecule has 0 saturated carbocycles. The van der Waals surface area contributed by atoms with E-state index in [9.17, 15) is 29.4 Å². The van der Waals surface area contributed by atoms with Gasteiger partial charge < -0.3 is 30.9 Å². The summed E-state index contributed by atoms with van der Waals surface area (Å²) in [6.45, 7) is 2.78. The SMILES string of the molecule is CC(C)C(C(=O)[O-])=C(Cc1ccc(C(=O)NCC(N)=O)cc1)C(=O)[O-].[Na+].[Na+]. The first-order chi connectivity index (χ1) is 11.6. The first-order valence-corrected chi connectivity index (χ1v) is 7.44. The van der Waals surface area contributed by atoms with Gasteiger partial charge in [0.1, 0.15) is 0 Å². The zero-order valence-electron chi connectivity index (χ0n) is 15.8. The van der Waals surface area contributed by atoms with E-state index < -0.39 is 29.7 Å². The van der Waals surface area contributed by atoms with Crippen LogP contribution in [-0.4, -0.2) is 30.3 Å². The fourth-order valence-electron chi connectivity index (χ4n) is 2.23. The molecule has 3 N–H and O–H groups in total. The van der Waals surface area contributed by atoms with Crippen LogP contribution in [0.4, 0.5) is 0 Å². The van der Waals surface area contributed by atoms with Crippen LogP contribution >= 0.6 is 0 Å². The Labute approximate surface area is 201 Å². The molecule has 134 valence electrons. The van der Waals surface area contributed by atoms with E-state index in [1.807, 2.05) is 0 Å². The molecule has 27 heavy (non-hydrogen) atoms. The Kier molecular flexibility index (Phi) is 13.6. The molecule has 1 aromatic rings. The molecule has 10 heteroatoms. The summed E-state index contributed by atoms with van der Waals surface area (Å²) in [6.07, 6.45) is -0.187. The second-order valence-corrected chi connectivity index (χ2v) is 5.64.